The third-order valence-electron chi connectivity index (χ3n) is 4.32. The van der Waals surface area contributed by atoms with E-state index in [1.807, 2.05) is 6.07 Å². The molecule has 1 aromatic carbocycles. The van der Waals surface area contributed by atoms with E-state index in [0.29, 0.717) is 5.56 Å². The SMILES string of the molecule is CCN1CCC(c2cccc(C(O)C(F)(F)F)c2C#N)CC1. The van der Waals surface area contributed by atoms with Crippen LogP contribution < -0.4 is 0 Å². The Morgan fingerprint density at radius 3 is 2.50 bits per heavy atom. The summed E-state index contributed by atoms with van der Waals surface area (Å²) in [7, 11) is 0. The molecule has 1 atom stereocenters. The molecule has 6 heteroatoms. The first kappa shape index (κ1) is 16.8. The van der Waals surface area contributed by atoms with Gasteiger partial charge in [-0.1, -0.05) is 25.1 Å². The maximum Gasteiger partial charge on any atom is 0.418 e. The van der Waals surface area contributed by atoms with Crippen molar-refractivity contribution in [1.29, 1.82) is 5.26 Å². The largest absolute Gasteiger partial charge is 0.418 e. The molecular formula is C16H19F3N2O. The molecule has 120 valence electrons. The molecule has 0 amide bonds. The van der Waals surface area contributed by atoms with Crippen LogP contribution in [0.2, 0.25) is 0 Å². The Kier molecular flexibility index (Phi) is 5.09. The van der Waals surface area contributed by atoms with Crippen LogP contribution in [0.4, 0.5) is 13.2 Å². The van der Waals surface area contributed by atoms with E-state index in [1.165, 1.54) is 12.1 Å². The lowest BCUT2D eigenvalue weighted by Crippen LogP contribution is -2.33. The molecule has 0 saturated carbocycles. The Morgan fingerprint density at radius 2 is 2.00 bits per heavy atom. The van der Waals surface area contributed by atoms with Crippen LogP contribution in [0.3, 0.4) is 0 Å². The highest BCUT2D eigenvalue weighted by Gasteiger charge is 2.41. The Labute approximate surface area is 128 Å². The molecule has 0 radical (unpaired) electrons. The smallest absolute Gasteiger partial charge is 0.379 e. The first-order valence-electron chi connectivity index (χ1n) is 7.38. The predicted octanol–water partition coefficient (Wildman–Crippen LogP) is 3.35. The molecule has 0 aliphatic carbocycles. The van der Waals surface area contributed by atoms with E-state index in [9.17, 15) is 23.5 Å². The summed E-state index contributed by atoms with van der Waals surface area (Å²) in [5.74, 6) is 0.0674. The van der Waals surface area contributed by atoms with Crippen LogP contribution in [0.1, 0.15) is 48.5 Å². The highest BCUT2D eigenvalue weighted by Crippen LogP contribution is 2.38. The quantitative estimate of drug-likeness (QED) is 0.931. The second kappa shape index (κ2) is 6.67. The molecule has 0 aromatic heterocycles. The summed E-state index contributed by atoms with van der Waals surface area (Å²) in [5.41, 5.74) is 0.256. The lowest BCUT2D eigenvalue weighted by molar-refractivity contribution is -0.206. The van der Waals surface area contributed by atoms with Gasteiger partial charge in [-0.15, -0.1) is 0 Å². The van der Waals surface area contributed by atoms with Gasteiger partial charge >= 0.3 is 6.18 Å². The highest BCUT2D eigenvalue weighted by molar-refractivity contribution is 5.47. The highest BCUT2D eigenvalue weighted by atomic mass is 19.4. The molecule has 0 spiro atoms. The molecule has 1 aliphatic heterocycles. The fourth-order valence-electron chi connectivity index (χ4n) is 3.02. The van der Waals surface area contributed by atoms with E-state index in [-0.39, 0.29) is 17.0 Å². The van der Waals surface area contributed by atoms with E-state index >= 15 is 0 Å². The summed E-state index contributed by atoms with van der Waals surface area (Å²) < 4.78 is 38.3. The Hall–Kier alpha value is -1.58. The first-order valence-corrected chi connectivity index (χ1v) is 7.38. The Bertz CT molecular complexity index is 557. The van der Waals surface area contributed by atoms with Gasteiger partial charge in [0.1, 0.15) is 0 Å². The lowest BCUT2D eigenvalue weighted by Gasteiger charge is -2.32. The molecule has 1 fully saturated rings. The number of benzene rings is 1. The van der Waals surface area contributed by atoms with Crippen molar-refractivity contribution >= 4 is 0 Å². The van der Waals surface area contributed by atoms with Gasteiger partial charge in [0.2, 0.25) is 0 Å². The zero-order chi connectivity index (χ0) is 16.3. The summed E-state index contributed by atoms with van der Waals surface area (Å²) in [6, 6.07) is 6.25. The minimum Gasteiger partial charge on any atom is -0.379 e. The summed E-state index contributed by atoms with van der Waals surface area (Å²) in [6.07, 6.45) is -5.75. The molecule has 1 saturated heterocycles. The van der Waals surface area contributed by atoms with Crippen molar-refractivity contribution in [3.63, 3.8) is 0 Å². The van der Waals surface area contributed by atoms with Crippen LogP contribution in [-0.2, 0) is 0 Å². The van der Waals surface area contributed by atoms with Crippen molar-refractivity contribution in [2.75, 3.05) is 19.6 Å². The molecule has 22 heavy (non-hydrogen) atoms. The van der Waals surface area contributed by atoms with Crippen molar-refractivity contribution in [1.82, 2.24) is 4.90 Å². The number of likely N-dealkylation sites (tertiary alicyclic amines) is 1. The van der Waals surface area contributed by atoms with E-state index < -0.39 is 12.3 Å². The van der Waals surface area contributed by atoms with Crippen molar-refractivity contribution in [2.24, 2.45) is 0 Å². The maximum atomic E-state index is 12.8. The van der Waals surface area contributed by atoms with E-state index in [0.717, 1.165) is 32.5 Å². The van der Waals surface area contributed by atoms with Gasteiger partial charge in [-0.25, -0.2) is 0 Å². The molecule has 1 unspecified atom stereocenters. The number of aliphatic hydroxyl groups excluding tert-OH is 1. The second-order valence-corrected chi connectivity index (χ2v) is 5.58. The molecule has 1 aliphatic rings. The average Bonchev–Trinajstić information content (AvgIpc) is 2.52. The predicted molar refractivity (Wildman–Crippen MR) is 76.3 cm³/mol. The summed E-state index contributed by atoms with van der Waals surface area (Å²) in [4.78, 5) is 2.27. The molecule has 0 bridgehead atoms. The monoisotopic (exact) mass is 312 g/mol. The molecule has 1 N–H and O–H groups in total. The standard InChI is InChI=1S/C16H19F3N2O/c1-2-21-8-6-11(7-9-21)12-4-3-5-13(14(12)10-20)15(22)16(17,18)19/h3-5,11,15,22H,2,6-9H2,1H3. The lowest BCUT2D eigenvalue weighted by atomic mass is 9.84. The fraction of sp³-hybridized carbons (Fsp3) is 0.562. The van der Waals surface area contributed by atoms with Crippen molar-refractivity contribution < 1.29 is 18.3 Å². The van der Waals surface area contributed by atoms with Gasteiger partial charge in [0.05, 0.1) is 11.6 Å². The number of aliphatic hydroxyl groups is 1. The summed E-state index contributed by atoms with van der Waals surface area (Å²) in [5, 5.41) is 18.8. The van der Waals surface area contributed by atoms with E-state index in [1.54, 1.807) is 6.07 Å². The number of halogens is 3. The zero-order valence-corrected chi connectivity index (χ0v) is 12.4. The maximum absolute atomic E-state index is 12.8. The minimum atomic E-state index is -4.77. The number of nitrogens with zero attached hydrogens (tertiary/aromatic N) is 2. The number of rotatable bonds is 3. The second-order valence-electron chi connectivity index (χ2n) is 5.58. The number of alkyl halides is 3. The van der Waals surface area contributed by atoms with Crippen LogP contribution in [0.5, 0.6) is 0 Å². The van der Waals surface area contributed by atoms with Crippen LogP contribution >= 0.6 is 0 Å². The van der Waals surface area contributed by atoms with Gasteiger partial charge in [-0.05, 0) is 44.0 Å². The van der Waals surface area contributed by atoms with Crippen molar-refractivity contribution in [3.05, 3.63) is 34.9 Å². The fourth-order valence-corrected chi connectivity index (χ4v) is 3.02. The minimum absolute atomic E-state index is 0.0257. The number of nitriles is 1. The number of hydrogen-bond donors (Lipinski definition) is 1. The molecule has 3 nitrogen and oxygen atoms in total. The van der Waals surface area contributed by atoms with E-state index in [2.05, 4.69) is 11.8 Å². The molecule has 2 rings (SSSR count). The Morgan fingerprint density at radius 1 is 1.36 bits per heavy atom. The van der Waals surface area contributed by atoms with Crippen LogP contribution in [0.25, 0.3) is 0 Å². The topological polar surface area (TPSA) is 47.3 Å². The van der Waals surface area contributed by atoms with Gasteiger partial charge in [-0.3, -0.25) is 0 Å². The third kappa shape index (κ3) is 3.42. The summed E-state index contributed by atoms with van der Waals surface area (Å²) in [6.45, 7) is 4.77. The first-order chi connectivity index (χ1) is 10.4. The number of piperidine rings is 1. The molecule has 1 aromatic rings. The average molecular weight is 312 g/mol. The molecule has 1 heterocycles. The van der Waals surface area contributed by atoms with Gasteiger partial charge in [-0.2, -0.15) is 18.4 Å². The third-order valence-corrected chi connectivity index (χ3v) is 4.32. The van der Waals surface area contributed by atoms with Gasteiger partial charge in [0, 0.05) is 5.56 Å². The van der Waals surface area contributed by atoms with Crippen molar-refractivity contribution in [2.45, 2.75) is 38.0 Å². The van der Waals surface area contributed by atoms with Crippen LogP contribution in [-0.4, -0.2) is 35.8 Å². The zero-order valence-electron chi connectivity index (χ0n) is 12.4. The summed E-state index contributed by atoms with van der Waals surface area (Å²) >= 11 is 0. The normalized spacial score (nSPS) is 18.9. The van der Waals surface area contributed by atoms with Gasteiger partial charge < -0.3 is 10.0 Å². The van der Waals surface area contributed by atoms with Gasteiger partial charge in [0.15, 0.2) is 6.10 Å². The van der Waals surface area contributed by atoms with Crippen molar-refractivity contribution in [3.8, 4) is 6.07 Å². The van der Waals surface area contributed by atoms with Crippen LogP contribution in [0.15, 0.2) is 18.2 Å². The number of hydrogen-bond acceptors (Lipinski definition) is 3. The van der Waals surface area contributed by atoms with Gasteiger partial charge in [0.25, 0.3) is 0 Å². The van der Waals surface area contributed by atoms with Crippen LogP contribution in [0, 0.1) is 11.3 Å². The van der Waals surface area contributed by atoms with E-state index in [4.69, 9.17) is 0 Å². The Balaban J connectivity index is 2.32. The molecular weight excluding hydrogens is 293 g/mol.